The third-order valence-electron chi connectivity index (χ3n) is 3.98. The summed E-state index contributed by atoms with van der Waals surface area (Å²) in [7, 11) is 0. The van der Waals surface area contributed by atoms with E-state index in [-0.39, 0.29) is 17.6 Å². The molecule has 0 bridgehead atoms. The second kappa shape index (κ2) is 6.89. The van der Waals surface area contributed by atoms with Crippen LogP contribution in [-0.2, 0) is 0 Å². The van der Waals surface area contributed by atoms with Crippen LogP contribution in [0.2, 0.25) is 0 Å². The van der Waals surface area contributed by atoms with Gasteiger partial charge in [-0.3, -0.25) is 10.6 Å². The third-order valence-corrected chi connectivity index (χ3v) is 3.98. The van der Waals surface area contributed by atoms with Crippen molar-refractivity contribution in [3.63, 3.8) is 0 Å². The topological polar surface area (TPSA) is 58.4 Å². The molecule has 1 amide bonds. The highest BCUT2D eigenvalue weighted by atomic mass is 19.1. The van der Waals surface area contributed by atoms with Gasteiger partial charge in [0.2, 0.25) is 0 Å². The van der Waals surface area contributed by atoms with Gasteiger partial charge in [-0.25, -0.2) is 4.39 Å². The van der Waals surface area contributed by atoms with Gasteiger partial charge in [-0.1, -0.05) is 32.8 Å². The van der Waals surface area contributed by atoms with Crippen LogP contribution in [0.3, 0.4) is 0 Å². The van der Waals surface area contributed by atoms with Gasteiger partial charge in [0, 0.05) is 12.6 Å². The number of rotatable bonds is 5. The first-order valence-corrected chi connectivity index (χ1v) is 7.60. The van der Waals surface area contributed by atoms with Crippen LogP contribution in [0.15, 0.2) is 18.2 Å². The minimum Gasteiger partial charge on any atom is -0.335 e. The molecule has 1 fully saturated rings. The molecular formula is C16H24FN3O. The van der Waals surface area contributed by atoms with E-state index in [1.165, 1.54) is 6.07 Å². The fourth-order valence-electron chi connectivity index (χ4n) is 3.01. The van der Waals surface area contributed by atoms with Crippen LogP contribution >= 0.6 is 0 Å². The van der Waals surface area contributed by atoms with Crippen LogP contribution in [0.25, 0.3) is 0 Å². The van der Waals surface area contributed by atoms with Gasteiger partial charge in [0.15, 0.2) is 0 Å². The molecule has 2 rings (SSSR count). The average Bonchev–Trinajstić information content (AvgIpc) is 2.97. The van der Waals surface area contributed by atoms with E-state index in [0.717, 1.165) is 25.7 Å². The fourth-order valence-corrected chi connectivity index (χ4v) is 3.01. The zero-order valence-corrected chi connectivity index (χ0v) is 12.7. The van der Waals surface area contributed by atoms with Gasteiger partial charge >= 0.3 is 0 Å². The number of amides is 1. The van der Waals surface area contributed by atoms with Gasteiger partial charge < -0.3 is 10.3 Å². The second-order valence-corrected chi connectivity index (χ2v) is 6.10. The van der Waals surface area contributed by atoms with E-state index < -0.39 is 5.82 Å². The van der Waals surface area contributed by atoms with Crippen molar-refractivity contribution in [2.75, 3.05) is 12.0 Å². The molecule has 1 aliphatic rings. The van der Waals surface area contributed by atoms with Gasteiger partial charge in [0.25, 0.3) is 5.91 Å². The predicted molar refractivity (Wildman–Crippen MR) is 82.3 cm³/mol. The third kappa shape index (κ3) is 3.53. The van der Waals surface area contributed by atoms with Crippen LogP contribution < -0.4 is 11.3 Å². The van der Waals surface area contributed by atoms with E-state index in [1.807, 2.05) is 4.90 Å². The maximum atomic E-state index is 13.8. The minimum atomic E-state index is -0.501. The number of nitrogens with one attached hydrogen (secondary N) is 1. The predicted octanol–water partition coefficient (Wildman–Crippen LogP) is 3.15. The van der Waals surface area contributed by atoms with Gasteiger partial charge in [0.05, 0.1) is 11.3 Å². The number of carbonyl (C=O) groups is 1. The molecule has 1 saturated carbocycles. The molecule has 0 spiro atoms. The number of hydrazine groups is 1. The lowest BCUT2D eigenvalue weighted by Crippen LogP contribution is -2.41. The molecule has 5 heteroatoms. The molecule has 0 aliphatic heterocycles. The summed E-state index contributed by atoms with van der Waals surface area (Å²) in [5, 5.41) is 0. The van der Waals surface area contributed by atoms with Crippen molar-refractivity contribution in [1.82, 2.24) is 4.90 Å². The number of para-hydroxylation sites is 1. The quantitative estimate of drug-likeness (QED) is 0.647. The molecule has 4 nitrogen and oxygen atoms in total. The van der Waals surface area contributed by atoms with Gasteiger partial charge in [-0.2, -0.15) is 0 Å². The summed E-state index contributed by atoms with van der Waals surface area (Å²) in [5.41, 5.74) is 2.71. The van der Waals surface area contributed by atoms with Crippen molar-refractivity contribution < 1.29 is 9.18 Å². The van der Waals surface area contributed by atoms with Crippen LogP contribution in [0.4, 0.5) is 10.1 Å². The van der Waals surface area contributed by atoms with E-state index in [9.17, 15) is 9.18 Å². The number of nitrogen functional groups attached to an aromatic ring is 1. The normalized spacial score (nSPS) is 15.5. The Balaban J connectivity index is 2.31. The Hall–Kier alpha value is -1.62. The lowest BCUT2D eigenvalue weighted by molar-refractivity contribution is 0.0656. The summed E-state index contributed by atoms with van der Waals surface area (Å²) in [6.07, 6.45) is 4.35. The van der Waals surface area contributed by atoms with Crippen molar-refractivity contribution in [3.8, 4) is 0 Å². The maximum Gasteiger partial charge on any atom is 0.256 e. The monoisotopic (exact) mass is 293 g/mol. The number of hydrogen-bond donors (Lipinski definition) is 2. The van der Waals surface area contributed by atoms with E-state index in [0.29, 0.717) is 18.0 Å². The SMILES string of the molecule is CC(C)CN(C(=O)c1cccc(F)c1NN)C1CCCC1. The number of anilines is 1. The first-order chi connectivity index (χ1) is 10.0. The Kier molecular flexibility index (Phi) is 5.17. The molecule has 3 N–H and O–H groups in total. The smallest absolute Gasteiger partial charge is 0.256 e. The zero-order valence-electron chi connectivity index (χ0n) is 12.7. The lowest BCUT2D eigenvalue weighted by Gasteiger charge is -2.31. The molecule has 0 unspecified atom stereocenters. The molecule has 1 aromatic rings. The number of carbonyl (C=O) groups excluding carboxylic acids is 1. The van der Waals surface area contributed by atoms with Crippen LogP contribution in [0.5, 0.6) is 0 Å². The molecular weight excluding hydrogens is 269 g/mol. The molecule has 1 aliphatic carbocycles. The molecule has 0 atom stereocenters. The Morgan fingerprint density at radius 2 is 2.10 bits per heavy atom. The summed E-state index contributed by atoms with van der Waals surface area (Å²) in [5.74, 6) is 5.12. The van der Waals surface area contributed by atoms with Crippen molar-refractivity contribution in [2.24, 2.45) is 11.8 Å². The van der Waals surface area contributed by atoms with Crippen LogP contribution in [0.1, 0.15) is 49.9 Å². The number of hydrogen-bond acceptors (Lipinski definition) is 3. The van der Waals surface area contributed by atoms with Crippen LogP contribution in [-0.4, -0.2) is 23.4 Å². The molecule has 1 aromatic carbocycles. The zero-order chi connectivity index (χ0) is 15.4. The molecule has 0 saturated heterocycles. The number of benzene rings is 1. The van der Waals surface area contributed by atoms with E-state index in [1.54, 1.807) is 12.1 Å². The molecule has 0 radical (unpaired) electrons. The number of nitrogens with zero attached hydrogens (tertiary/aromatic N) is 1. The van der Waals surface area contributed by atoms with E-state index in [4.69, 9.17) is 5.84 Å². The summed E-state index contributed by atoms with van der Waals surface area (Å²) in [6, 6.07) is 4.73. The largest absolute Gasteiger partial charge is 0.335 e. The first-order valence-electron chi connectivity index (χ1n) is 7.60. The van der Waals surface area contributed by atoms with Crippen molar-refractivity contribution >= 4 is 11.6 Å². The summed E-state index contributed by atoms with van der Waals surface area (Å²) in [6.45, 7) is 4.86. The van der Waals surface area contributed by atoms with Crippen molar-refractivity contribution in [1.29, 1.82) is 0 Å². The van der Waals surface area contributed by atoms with Crippen molar-refractivity contribution in [2.45, 2.75) is 45.6 Å². The Labute approximate surface area is 125 Å². The molecule has 21 heavy (non-hydrogen) atoms. The lowest BCUT2D eigenvalue weighted by atomic mass is 10.1. The van der Waals surface area contributed by atoms with Gasteiger partial charge in [0.1, 0.15) is 5.82 Å². The highest BCUT2D eigenvalue weighted by Gasteiger charge is 2.29. The Morgan fingerprint density at radius 1 is 1.43 bits per heavy atom. The molecule has 0 heterocycles. The number of halogens is 1. The summed E-state index contributed by atoms with van der Waals surface area (Å²) in [4.78, 5) is 14.8. The fraction of sp³-hybridized carbons (Fsp3) is 0.562. The Morgan fingerprint density at radius 3 is 2.67 bits per heavy atom. The van der Waals surface area contributed by atoms with Gasteiger partial charge in [-0.05, 0) is 30.9 Å². The summed E-state index contributed by atoms with van der Waals surface area (Å²) < 4.78 is 13.8. The van der Waals surface area contributed by atoms with E-state index in [2.05, 4.69) is 19.3 Å². The minimum absolute atomic E-state index is 0.0780. The molecule has 0 aromatic heterocycles. The highest BCUT2D eigenvalue weighted by molar-refractivity contribution is 5.99. The molecule has 116 valence electrons. The first kappa shape index (κ1) is 15.8. The second-order valence-electron chi connectivity index (χ2n) is 6.10. The average molecular weight is 293 g/mol. The van der Waals surface area contributed by atoms with Crippen LogP contribution in [0, 0.1) is 11.7 Å². The maximum absolute atomic E-state index is 13.8. The Bertz CT molecular complexity index is 498. The van der Waals surface area contributed by atoms with E-state index >= 15 is 0 Å². The van der Waals surface area contributed by atoms with Crippen molar-refractivity contribution in [3.05, 3.63) is 29.6 Å². The number of nitrogens with two attached hydrogens (primary N) is 1. The van der Waals surface area contributed by atoms with Gasteiger partial charge in [-0.15, -0.1) is 0 Å². The summed E-state index contributed by atoms with van der Waals surface area (Å²) >= 11 is 0. The standard InChI is InChI=1S/C16H24FN3O/c1-11(2)10-20(12-6-3-4-7-12)16(21)13-8-5-9-14(17)15(13)19-18/h5,8-9,11-12,19H,3-4,6-7,10,18H2,1-2H3. The highest BCUT2D eigenvalue weighted by Crippen LogP contribution is 2.28.